The molecule has 0 saturated carbocycles. The normalized spacial score (nSPS) is 20.7. The molecule has 0 aliphatic carbocycles. The SMILES string of the molecule is COc1cc(OC)c2c(c1)C(C)(C)C1(C=Cc3cc([N+](=O)[O-])cc(OC)c3S1)N2C. The monoisotopic (exact) mass is 428 g/mol. The van der Waals surface area contributed by atoms with Gasteiger partial charge in [-0.2, -0.15) is 0 Å². The van der Waals surface area contributed by atoms with E-state index in [0.29, 0.717) is 5.75 Å². The molecule has 0 bridgehead atoms. The maximum atomic E-state index is 11.3. The average Bonchev–Trinajstić information content (AvgIpc) is 2.90. The van der Waals surface area contributed by atoms with Crippen LogP contribution in [-0.4, -0.2) is 38.2 Å². The molecule has 8 heteroatoms. The van der Waals surface area contributed by atoms with Gasteiger partial charge in [0.25, 0.3) is 5.69 Å². The smallest absolute Gasteiger partial charge is 0.273 e. The zero-order chi connectivity index (χ0) is 21.8. The number of likely N-dealkylation sites (N-methyl/N-ethyl adjacent to an activating group) is 1. The lowest BCUT2D eigenvalue weighted by molar-refractivity contribution is -0.385. The van der Waals surface area contributed by atoms with Crippen molar-refractivity contribution in [3.8, 4) is 17.2 Å². The second-order valence-electron chi connectivity index (χ2n) is 7.87. The molecule has 0 saturated heterocycles. The molecule has 0 amide bonds. The number of anilines is 1. The zero-order valence-corrected chi connectivity index (χ0v) is 18.6. The Morgan fingerprint density at radius 3 is 2.33 bits per heavy atom. The topological polar surface area (TPSA) is 74.1 Å². The number of hydrogen-bond donors (Lipinski definition) is 0. The van der Waals surface area contributed by atoms with Crippen LogP contribution in [0.4, 0.5) is 11.4 Å². The number of nitro groups is 1. The number of ether oxygens (including phenoxy) is 3. The highest BCUT2D eigenvalue weighted by Gasteiger charge is 2.57. The second kappa shape index (κ2) is 6.84. The summed E-state index contributed by atoms with van der Waals surface area (Å²) < 4.78 is 16.8. The van der Waals surface area contributed by atoms with Crippen LogP contribution in [0.5, 0.6) is 17.2 Å². The highest BCUT2D eigenvalue weighted by molar-refractivity contribution is 8.01. The highest BCUT2D eigenvalue weighted by Crippen LogP contribution is 2.64. The Balaban J connectivity index is 1.91. The summed E-state index contributed by atoms with van der Waals surface area (Å²) in [6, 6.07) is 7.02. The van der Waals surface area contributed by atoms with Gasteiger partial charge in [-0.05, 0) is 23.3 Å². The minimum Gasteiger partial charge on any atom is -0.497 e. The molecule has 0 N–H and O–H groups in total. The van der Waals surface area contributed by atoms with E-state index in [1.54, 1.807) is 32.0 Å². The van der Waals surface area contributed by atoms with Crippen LogP contribution >= 0.6 is 11.8 Å². The molecule has 4 rings (SSSR count). The summed E-state index contributed by atoms with van der Waals surface area (Å²) in [7, 11) is 6.88. The summed E-state index contributed by atoms with van der Waals surface area (Å²) in [5, 5.41) is 11.3. The van der Waals surface area contributed by atoms with Gasteiger partial charge < -0.3 is 19.1 Å². The fourth-order valence-electron chi connectivity index (χ4n) is 4.46. The van der Waals surface area contributed by atoms with E-state index in [1.807, 2.05) is 19.2 Å². The van der Waals surface area contributed by atoms with Crippen LogP contribution in [-0.2, 0) is 5.41 Å². The van der Waals surface area contributed by atoms with Gasteiger partial charge in [0.2, 0.25) is 0 Å². The van der Waals surface area contributed by atoms with Crippen molar-refractivity contribution < 1.29 is 19.1 Å². The second-order valence-corrected chi connectivity index (χ2v) is 9.10. The van der Waals surface area contributed by atoms with E-state index in [2.05, 4.69) is 30.9 Å². The highest BCUT2D eigenvalue weighted by atomic mass is 32.2. The molecule has 2 aliphatic rings. The lowest BCUT2D eigenvalue weighted by Crippen LogP contribution is -2.50. The number of non-ortho nitro benzene ring substituents is 1. The summed E-state index contributed by atoms with van der Waals surface area (Å²) in [6.45, 7) is 4.38. The van der Waals surface area contributed by atoms with Crippen LogP contribution in [0.2, 0.25) is 0 Å². The third kappa shape index (κ3) is 2.59. The van der Waals surface area contributed by atoms with E-state index in [9.17, 15) is 10.1 Å². The Hall–Kier alpha value is -2.87. The maximum absolute atomic E-state index is 11.3. The van der Waals surface area contributed by atoms with Crippen LogP contribution < -0.4 is 19.1 Å². The number of benzene rings is 2. The molecule has 158 valence electrons. The Morgan fingerprint density at radius 1 is 1.03 bits per heavy atom. The van der Waals surface area contributed by atoms with Crippen molar-refractivity contribution in [3.05, 3.63) is 51.6 Å². The number of rotatable bonds is 4. The summed E-state index contributed by atoms with van der Waals surface area (Å²) in [4.78, 5) is 13.5. The molecule has 1 spiro atoms. The van der Waals surface area contributed by atoms with E-state index < -0.39 is 9.79 Å². The quantitative estimate of drug-likeness (QED) is 0.508. The van der Waals surface area contributed by atoms with Gasteiger partial charge in [-0.25, -0.2) is 0 Å². The predicted octanol–water partition coefficient (Wildman–Crippen LogP) is 4.86. The van der Waals surface area contributed by atoms with Gasteiger partial charge in [0.05, 0.1) is 42.9 Å². The molecule has 2 aromatic carbocycles. The molecule has 1 atom stereocenters. The van der Waals surface area contributed by atoms with Crippen LogP contribution in [0.3, 0.4) is 0 Å². The van der Waals surface area contributed by atoms with Gasteiger partial charge in [-0.15, -0.1) is 0 Å². The van der Waals surface area contributed by atoms with Gasteiger partial charge in [0.1, 0.15) is 22.1 Å². The third-order valence-corrected chi connectivity index (χ3v) is 8.02. The van der Waals surface area contributed by atoms with Crippen molar-refractivity contribution in [2.75, 3.05) is 33.3 Å². The molecule has 2 aliphatic heterocycles. The van der Waals surface area contributed by atoms with Crippen LogP contribution in [0.15, 0.2) is 35.2 Å². The minimum atomic E-state index is -0.481. The predicted molar refractivity (Wildman–Crippen MR) is 118 cm³/mol. The molecule has 0 fully saturated rings. The summed E-state index contributed by atoms with van der Waals surface area (Å²) in [5.41, 5.74) is 2.58. The van der Waals surface area contributed by atoms with Crippen molar-refractivity contribution >= 4 is 29.2 Å². The van der Waals surface area contributed by atoms with E-state index in [0.717, 1.165) is 33.2 Å². The van der Waals surface area contributed by atoms with E-state index in [-0.39, 0.29) is 11.1 Å². The average molecular weight is 429 g/mol. The first-order chi connectivity index (χ1) is 14.2. The molecule has 1 unspecified atom stereocenters. The third-order valence-electron chi connectivity index (χ3n) is 6.15. The van der Waals surface area contributed by atoms with Gasteiger partial charge >= 0.3 is 0 Å². The molecule has 0 aromatic heterocycles. The number of nitro benzene ring substituents is 1. The van der Waals surface area contributed by atoms with Gasteiger partial charge in [0, 0.05) is 24.6 Å². The molecular formula is C22H24N2O5S. The summed E-state index contributed by atoms with van der Waals surface area (Å²) in [5.74, 6) is 1.98. The number of nitrogens with zero attached hydrogens (tertiary/aromatic N) is 2. The number of hydrogen-bond acceptors (Lipinski definition) is 7. The first-order valence-electron chi connectivity index (χ1n) is 9.45. The maximum Gasteiger partial charge on any atom is 0.273 e. The molecular weight excluding hydrogens is 404 g/mol. The van der Waals surface area contributed by atoms with Crippen molar-refractivity contribution in [2.45, 2.75) is 29.0 Å². The lowest BCUT2D eigenvalue weighted by atomic mass is 9.79. The van der Waals surface area contributed by atoms with Crippen LogP contribution in [0, 0.1) is 10.1 Å². The Morgan fingerprint density at radius 2 is 1.73 bits per heavy atom. The van der Waals surface area contributed by atoms with Gasteiger partial charge in [-0.1, -0.05) is 31.7 Å². The van der Waals surface area contributed by atoms with Crippen molar-refractivity contribution in [1.82, 2.24) is 0 Å². The number of fused-ring (bicyclic) bond motifs is 2. The van der Waals surface area contributed by atoms with Gasteiger partial charge in [-0.3, -0.25) is 10.1 Å². The van der Waals surface area contributed by atoms with Crippen LogP contribution in [0.1, 0.15) is 25.0 Å². The first kappa shape index (κ1) is 20.4. The van der Waals surface area contributed by atoms with E-state index in [1.165, 1.54) is 13.2 Å². The number of methoxy groups -OCH3 is 3. The number of thioether (sulfide) groups is 1. The lowest BCUT2D eigenvalue weighted by Gasteiger charge is -2.45. The minimum absolute atomic E-state index is 0.0144. The van der Waals surface area contributed by atoms with Crippen molar-refractivity contribution in [3.63, 3.8) is 0 Å². The van der Waals surface area contributed by atoms with Crippen molar-refractivity contribution in [1.29, 1.82) is 0 Å². The first-order valence-corrected chi connectivity index (χ1v) is 10.3. The molecule has 30 heavy (non-hydrogen) atoms. The van der Waals surface area contributed by atoms with Crippen molar-refractivity contribution in [2.24, 2.45) is 0 Å². The van der Waals surface area contributed by atoms with Crippen LogP contribution in [0.25, 0.3) is 6.08 Å². The van der Waals surface area contributed by atoms with E-state index in [4.69, 9.17) is 14.2 Å². The largest absolute Gasteiger partial charge is 0.497 e. The summed E-state index contributed by atoms with van der Waals surface area (Å²) in [6.07, 6.45) is 4.07. The Bertz CT molecular complexity index is 1080. The zero-order valence-electron chi connectivity index (χ0n) is 17.8. The molecule has 0 radical (unpaired) electrons. The fourth-order valence-corrected chi connectivity index (χ4v) is 5.99. The standard InChI is InChI=1S/C22H24N2O5S/c1-21(2)16-11-15(27-4)12-17(28-5)19(16)23(3)22(21)8-7-13-9-14(24(25)26)10-18(29-6)20(13)30-22/h7-12H,1-6H3. The van der Waals surface area contributed by atoms with E-state index >= 15 is 0 Å². The Labute approximate surface area is 179 Å². The Kier molecular flexibility index (Phi) is 4.65. The molecule has 7 nitrogen and oxygen atoms in total. The molecule has 2 heterocycles. The fraction of sp³-hybridized carbons (Fsp3) is 0.364. The summed E-state index contributed by atoms with van der Waals surface area (Å²) >= 11 is 1.64. The molecule has 2 aromatic rings. The van der Waals surface area contributed by atoms with Gasteiger partial charge in [0.15, 0.2) is 0 Å².